The Bertz CT molecular complexity index is 1030. The van der Waals surface area contributed by atoms with Crippen molar-refractivity contribution in [2.45, 2.75) is 38.1 Å². The quantitative estimate of drug-likeness (QED) is 0.748. The number of amides is 3. The average Bonchev–Trinajstić information content (AvgIpc) is 3.28. The molecule has 0 unspecified atom stereocenters. The maximum Gasteiger partial charge on any atom is 0.290 e. The van der Waals surface area contributed by atoms with Crippen LogP contribution in [-0.4, -0.2) is 35.0 Å². The summed E-state index contributed by atoms with van der Waals surface area (Å²) in [7, 11) is 1.87. The molecule has 1 saturated heterocycles. The number of carbonyl (C=O) groups excluding carboxylic acids is 3. The van der Waals surface area contributed by atoms with Gasteiger partial charge in [0.15, 0.2) is 0 Å². The average molecular weight is 410 g/mol. The Labute approximate surface area is 173 Å². The van der Waals surface area contributed by atoms with Gasteiger partial charge >= 0.3 is 0 Å². The van der Waals surface area contributed by atoms with Gasteiger partial charge in [-0.1, -0.05) is 25.3 Å². The highest BCUT2D eigenvalue weighted by Gasteiger charge is 2.25. The third-order valence-electron chi connectivity index (χ3n) is 5.44. The molecule has 0 atom stereocenters. The number of imide groups is 1. The number of rotatable bonds is 4. The summed E-state index contributed by atoms with van der Waals surface area (Å²) in [5.74, 6) is -0.397. The van der Waals surface area contributed by atoms with E-state index >= 15 is 0 Å². The SMILES string of the molecule is CN(C(=O)/C=C/c1coc2ccc(/C=C3\SC(=O)NC3=O)cc12)C1CCCCC1. The number of thioether (sulfide) groups is 1. The van der Waals surface area contributed by atoms with Gasteiger partial charge in [-0.15, -0.1) is 0 Å². The van der Waals surface area contributed by atoms with Crippen LogP contribution < -0.4 is 5.32 Å². The molecule has 2 fully saturated rings. The number of furan rings is 1. The summed E-state index contributed by atoms with van der Waals surface area (Å²) >= 11 is 0.885. The molecule has 3 amide bonds. The van der Waals surface area contributed by atoms with E-state index in [2.05, 4.69) is 5.32 Å². The lowest BCUT2D eigenvalue weighted by atomic mass is 9.94. The Hall–Kier alpha value is -2.80. The monoisotopic (exact) mass is 410 g/mol. The lowest BCUT2D eigenvalue weighted by Crippen LogP contribution is -2.37. The molecule has 0 spiro atoms. The molecule has 2 heterocycles. The van der Waals surface area contributed by atoms with E-state index in [1.54, 1.807) is 24.5 Å². The number of fused-ring (bicyclic) bond motifs is 1. The van der Waals surface area contributed by atoms with E-state index in [0.717, 1.165) is 41.1 Å². The molecule has 1 aliphatic heterocycles. The summed E-state index contributed by atoms with van der Waals surface area (Å²) in [6, 6.07) is 5.84. The van der Waals surface area contributed by atoms with Gasteiger partial charge in [-0.2, -0.15) is 0 Å². The van der Waals surface area contributed by atoms with Crippen molar-refractivity contribution in [1.82, 2.24) is 10.2 Å². The molecular weight excluding hydrogens is 388 g/mol. The topological polar surface area (TPSA) is 79.6 Å². The highest BCUT2D eigenvalue weighted by Crippen LogP contribution is 2.29. The first-order valence-corrected chi connectivity index (χ1v) is 10.5. The Morgan fingerprint density at radius 3 is 2.76 bits per heavy atom. The van der Waals surface area contributed by atoms with Crippen LogP contribution in [0.2, 0.25) is 0 Å². The first-order valence-electron chi connectivity index (χ1n) is 9.72. The van der Waals surface area contributed by atoms with Crippen LogP contribution in [0.3, 0.4) is 0 Å². The molecule has 1 aromatic heterocycles. The van der Waals surface area contributed by atoms with Gasteiger partial charge in [-0.05, 0) is 54.5 Å². The normalized spacial score (nSPS) is 19.4. The van der Waals surface area contributed by atoms with E-state index in [9.17, 15) is 14.4 Å². The lowest BCUT2D eigenvalue weighted by molar-refractivity contribution is -0.127. The molecule has 2 aliphatic rings. The van der Waals surface area contributed by atoms with Gasteiger partial charge in [-0.3, -0.25) is 19.7 Å². The molecular formula is C22H22N2O4S. The molecule has 0 bridgehead atoms. The zero-order valence-corrected chi connectivity index (χ0v) is 17.0. The molecule has 4 rings (SSSR count). The van der Waals surface area contributed by atoms with E-state index in [1.165, 1.54) is 19.3 Å². The van der Waals surface area contributed by atoms with Crippen molar-refractivity contribution >= 4 is 51.9 Å². The molecule has 29 heavy (non-hydrogen) atoms. The molecule has 0 radical (unpaired) electrons. The van der Waals surface area contributed by atoms with Gasteiger partial charge in [0.25, 0.3) is 11.1 Å². The smallest absolute Gasteiger partial charge is 0.290 e. The molecule has 2 aromatic rings. The van der Waals surface area contributed by atoms with E-state index in [1.807, 2.05) is 30.1 Å². The predicted molar refractivity (Wildman–Crippen MR) is 114 cm³/mol. The van der Waals surface area contributed by atoms with E-state index in [0.29, 0.717) is 16.5 Å². The van der Waals surface area contributed by atoms with Gasteiger partial charge in [0.05, 0.1) is 11.2 Å². The molecule has 150 valence electrons. The Morgan fingerprint density at radius 1 is 1.24 bits per heavy atom. The molecule has 1 aromatic carbocycles. The summed E-state index contributed by atoms with van der Waals surface area (Å²) in [5.41, 5.74) is 2.27. The summed E-state index contributed by atoms with van der Waals surface area (Å²) < 4.78 is 5.59. The van der Waals surface area contributed by atoms with Gasteiger partial charge in [0, 0.05) is 30.1 Å². The fraction of sp³-hybridized carbons (Fsp3) is 0.318. The largest absolute Gasteiger partial charge is 0.464 e. The highest BCUT2D eigenvalue weighted by molar-refractivity contribution is 8.18. The maximum absolute atomic E-state index is 12.6. The van der Waals surface area contributed by atoms with Crippen LogP contribution >= 0.6 is 11.8 Å². The summed E-state index contributed by atoms with van der Waals surface area (Å²) in [6.07, 6.45) is 12.4. The molecule has 1 saturated carbocycles. The zero-order chi connectivity index (χ0) is 20.4. The second kappa shape index (κ2) is 8.29. The van der Waals surface area contributed by atoms with Crippen molar-refractivity contribution in [2.24, 2.45) is 0 Å². The molecule has 1 aliphatic carbocycles. The Morgan fingerprint density at radius 2 is 2.03 bits per heavy atom. The number of hydrogen-bond acceptors (Lipinski definition) is 5. The van der Waals surface area contributed by atoms with Gasteiger partial charge in [-0.25, -0.2) is 0 Å². The van der Waals surface area contributed by atoms with E-state index < -0.39 is 0 Å². The summed E-state index contributed by atoms with van der Waals surface area (Å²) in [5, 5.41) is 2.73. The fourth-order valence-corrected chi connectivity index (χ4v) is 4.47. The Kier molecular flexibility index (Phi) is 5.58. The van der Waals surface area contributed by atoms with Crippen LogP contribution in [0.4, 0.5) is 4.79 Å². The van der Waals surface area contributed by atoms with Crippen LogP contribution in [-0.2, 0) is 9.59 Å². The number of likely N-dealkylation sites (N-methyl/N-ethyl adjacent to an activating group) is 1. The highest BCUT2D eigenvalue weighted by atomic mass is 32.2. The second-order valence-electron chi connectivity index (χ2n) is 7.37. The minimum absolute atomic E-state index is 0.0120. The lowest BCUT2D eigenvalue weighted by Gasteiger charge is -2.30. The van der Waals surface area contributed by atoms with Crippen LogP contribution in [0.15, 0.2) is 39.9 Å². The molecule has 6 nitrogen and oxygen atoms in total. The number of carbonyl (C=O) groups is 3. The van der Waals surface area contributed by atoms with Crippen molar-refractivity contribution < 1.29 is 18.8 Å². The first-order chi connectivity index (χ1) is 14.0. The van der Waals surface area contributed by atoms with Crippen LogP contribution in [0, 0.1) is 0 Å². The van der Waals surface area contributed by atoms with Crippen molar-refractivity contribution in [1.29, 1.82) is 0 Å². The maximum atomic E-state index is 12.6. The van der Waals surface area contributed by atoms with Crippen molar-refractivity contribution in [3.05, 3.63) is 46.6 Å². The third-order valence-corrected chi connectivity index (χ3v) is 6.25. The van der Waals surface area contributed by atoms with Crippen molar-refractivity contribution in [2.75, 3.05) is 7.05 Å². The first kappa shape index (κ1) is 19.5. The predicted octanol–water partition coefficient (Wildman–Crippen LogP) is 4.56. The third kappa shape index (κ3) is 4.29. The minimum atomic E-state index is -0.385. The van der Waals surface area contributed by atoms with Crippen LogP contribution in [0.5, 0.6) is 0 Å². The molecule has 1 N–H and O–H groups in total. The van der Waals surface area contributed by atoms with Gasteiger partial charge in [0.2, 0.25) is 5.91 Å². The number of nitrogens with one attached hydrogen (secondary N) is 1. The van der Waals surface area contributed by atoms with E-state index in [4.69, 9.17) is 4.42 Å². The Balaban J connectivity index is 1.54. The van der Waals surface area contributed by atoms with E-state index in [-0.39, 0.29) is 17.1 Å². The fourth-order valence-electron chi connectivity index (χ4n) is 3.78. The van der Waals surface area contributed by atoms with Crippen LogP contribution in [0.1, 0.15) is 43.2 Å². The minimum Gasteiger partial charge on any atom is -0.464 e. The van der Waals surface area contributed by atoms with Gasteiger partial charge in [0.1, 0.15) is 5.58 Å². The molecule has 7 heteroatoms. The van der Waals surface area contributed by atoms with Crippen molar-refractivity contribution in [3.8, 4) is 0 Å². The van der Waals surface area contributed by atoms with Crippen molar-refractivity contribution in [3.63, 3.8) is 0 Å². The number of benzene rings is 1. The standard InChI is InChI=1S/C22H22N2O4S/c1-24(16-5-3-2-4-6-16)20(25)10-8-15-13-28-18-9-7-14(11-17(15)18)12-19-21(26)23-22(27)29-19/h7-13,16H,2-6H2,1H3,(H,23,26,27)/b10-8+,19-12-. The van der Waals surface area contributed by atoms with Gasteiger partial charge < -0.3 is 9.32 Å². The summed E-state index contributed by atoms with van der Waals surface area (Å²) in [4.78, 5) is 37.8. The number of nitrogens with zero attached hydrogens (tertiary/aromatic N) is 1. The van der Waals surface area contributed by atoms with Crippen LogP contribution in [0.25, 0.3) is 23.1 Å². The summed E-state index contributed by atoms with van der Waals surface area (Å²) in [6.45, 7) is 0. The second-order valence-corrected chi connectivity index (χ2v) is 8.39. The number of hydrogen-bond donors (Lipinski definition) is 1. The zero-order valence-electron chi connectivity index (χ0n) is 16.1.